The zero-order valence-electron chi connectivity index (χ0n) is 11.3. The fourth-order valence-corrected chi connectivity index (χ4v) is 3.23. The van der Waals surface area contributed by atoms with E-state index in [2.05, 4.69) is 4.72 Å². The van der Waals surface area contributed by atoms with Crippen LogP contribution in [0.3, 0.4) is 0 Å². The lowest BCUT2D eigenvalue weighted by molar-refractivity contribution is -0.136. The first-order valence-corrected chi connectivity index (χ1v) is 7.93. The molecular formula is C13H18N2O4S. The predicted octanol–water partition coefficient (Wildman–Crippen LogP) is 0.212. The van der Waals surface area contributed by atoms with Crippen LogP contribution in [0, 0.1) is 0 Å². The SMILES string of the molecule is CC(NS(=O)(=O)c1ccccc1)C(=O)N1CCOCC1. The predicted molar refractivity (Wildman–Crippen MR) is 73.6 cm³/mol. The molecule has 7 heteroatoms. The molecule has 1 aromatic rings. The van der Waals surface area contributed by atoms with Crippen LogP contribution in [-0.4, -0.2) is 51.6 Å². The molecule has 0 radical (unpaired) electrons. The Kier molecular flexibility index (Phi) is 4.74. The molecule has 1 unspecified atom stereocenters. The molecule has 1 heterocycles. The van der Waals surface area contributed by atoms with Gasteiger partial charge in [-0.15, -0.1) is 0 Å². The smallest absolute Gasteiger partial charge is 0.241 e. The van der Waals surface area contributed by atoms with Crippen molar-refractivity contribution >= 4 is 15.9 Å². The fourth-order valence-electron chi connectivity index (χ4n) is 2.01. The van der Waals surface area contributed by atoms with Crippen LogP contribution in [0.1, 0.15) is 6.92 Å². The van der Waals surface area contributed by atoms with E-state index in [1.165, 1.54) is 12.1 Å². The Hall–Kier alpha value is -1.44. The van der Waals surface area contributed by atoms with Crippen LogP contribution in [0.5, 0.6) is 0 Å². The first kappa shape index (κ1) is 15.0. The summed E-state index contributed by atoms with van der Waals surface area (Å²) in [6, 6.07) is 7.22. The average Bonchev–Trinajstić information content (AvgIpc) is 2.48. The number of hydrogen-bond acceptors (Lipinski definition) is 4. The van der Waals surface area contributed by atoms with Crippen molar-refractivity contribution in [1.29, 1.82) is 0 Å². The number of carbonyl (C=O) groups is 1. The standard InChI is InChI=1S/C13H18N2O4S/c1-11(13(16)15-7-9-19-10-8-15)14-20(17,18)12-5-3-2-4-6-12/h2-6,11,14H,7-10H2,1H3. The summed E-state index contributed by atoms with van der Waals surface area (Å²) in [5, 5.41) is 0. The lowest BCUT2D eigenvalue weighted by Crippen LogP contribution is -2.50. The topological polar surface area (TPSA) is 75.7 Å². The van der Waals surface area contributed by atoms with Crippen LogP contribution < -0.4 is 4.72 Å². The van der Waals surface area contributed by atoms with Crippen LogP contribution >= 0.6 is 0 Å². The largest absolute Gasteiger partial charge is 0.378 e. The van der Waals surface area contributed by atoms with Gasteiger partial charge in [-0.3, -0.25) is 4.79 Å². The molecule has 1 fully saturated rings. The van der Waals surface area contributed by atoms with Crippen LogP contribution in [0.4, 0.5) is 0 Å². The Bertz CT molecular complexity index is 553. The van der Waals surface area contributed by atoms with Crippen LogP contribution in [0.15, 0.2) is 35.2 Å². The van der Waals surface area contributed by atoms with Gasteiger partial charge in [-0.05, 0) is 19.1 Å². The monoisotopic (exact) mass is 298 g/mol. The maximum Gasteiger partial charge on any atom is 0.241 e. The number of rotatable bonds is 4. The minimum atomic E-state index is -3.67. The van der Waals surface area contributed by atoms with E-state index in [-0.39, 0.29) is 10.8 Å². The summed E-state index contributed by atoms with van der Waals surface area (Å²) < 4.78 is 31.8. The highest BCUT2D eigenvalue weighted by Crippen LogP contribution is 2.09. The van der Waals surface area contributed by atoms with E-state index in [4.69, 9.17) is 4.74 Å². The molecule has 0 saturated carbocycles. The molecule has 0 bridgehead atoms. The van der Waals surface area contributed by atoms with E-state index < -0.39 is 16.1 Å². The molecule has 110 valence electrons. The zero-order valence-corrected chi connectivity index (χ0v) is 12.1. The molecule has 20 heavy (non-hydrogen) atoms. The highest BCUT2D eigenvalue weighted by atomic mass is 32.2. The molecule has 1 aliphatic rings. The minimum absolute atomic E-state index is 0.154. The first-order valence-electron chi connectivity index (χ1n) is 6.44. The zero-order chi connectivity index (χ0) is 14.6. The Balaban J connectivity index is 2.03. The van der Waals surface area contributed by atoms with Crippen molar-refractivity contribution in [2.24, 2.45) is 0 Å². The summed E-state index contributed by atoms with van der Waals surface area (Å²) in [5.74, 6) is -0.229. The quantitative estimate of drug-likeness (QED) is 0.862. The van der Waals surface area contributed by atoms with Gasteiger partial charge >= 0.3 is 0 Å². The number of nitrogens with one attached hydrogen (secondary N) is 1. The van der Waals surface area contributed by atoms with Gasteiger partial charge in [-0.1, -0.05) is 18.2 Å². The van der Waals surface area contributed by atoms with Gasteiger partial charge in [0.2, 0.25) is 15.9 Å². The Labute approximate surface area is 118 Å². The number of carbonyl (C=O) groups excluding carboxylic acids is 1. The molecule has 1 aliphatic heterocycles. The minimum Gasteiger partial charge on any atom is -0.378 e. The van der Waals surface area contributed by atoms with Crippen molar-refractivity contribution in [3.63, 3.8) is 0 Å². The molecule has 2 rings (SSSR count). The lowest BCUT2D eigenvalue weighted by atomic mass is 10.3. The van der Waals surface area contributed by atoms with Gasteiger partial charge in [0.1, 0.15) is 0 Å². The number of benzene rings is 1. The number of sulfonamides is 1. The second-order valence-electron chi connectivity index (χ2n) is 4.59. The Morgan fingerprint density at radius 1 is 1.25 bits per heavy atom. The van der Waals surface area contributed by atoms with E-state index in [1.807, 2.05) is 0 Å². The van der Waals surface area contributed by atoms with Crippen molar-refractivity contribution in [3.8, 4) is 0 Å². The van der Waals surface area contributed by atoms with E-state index >= 15 is 0 Å². The number of ether oxygens (including phenoxy) is 1. The van der Waals surface area contributed by atoms with Crippen LogP contribution in [0.2, 0.25) is 0 Å². The molecule has 0 spiro atoms. The van der Waals surface area contributed by atoms with Crippen molar-refractivity contribution in [2.75, 3.05) is 26.3 Å². The molecule has 0 aliphatic carbocycles. The van der Waals surface area contributed by atoms with E-state index in [0.717, 1.165) is 0 Å². The summed E-state index contributed by atoms with van der Waals surface area (Å²) in [6.07, 6.45) is 0. The normalized spacial score (nSPS) is 17.8. The van der Waals surface area contributed by atoms with Gasteiger partial charge in [-0.2, -0.15) is 4.72 Å². The number of amides is 1. The van der Waals surface area contributed by atoms with Crippen molar-refractivity contribution in [2.45, 2.75) is 17.9 Å². The fraction of sp³-hybridized carbons (Fsp3) is 0.462. The summed E-state index contributed by atoms with van der Waals surface area (Å²) in [6.45, 7) is 3.53. The third kappa shape index (κ3) is 3.56. The second kappa shape index (κ2) is 6.34. The molecular weight excluding hydrogens is 280 g/mol. The average molecular weight is 298 g/mol. The summed E-state index contributed by atoms with van der Waals surface area (Å²) in [5.41, 5.74) is 0. The number of hydrogen-bond donors (Lipinski definition) is 1. The molecule has 1 atom stereocenters. The lowest BCUT2D eigenvalue weighted by Gasteiger charge is -2.29. The Morgan fingerprint density at radius 3 is 2.45 bits per heavy atom. The van der Waals surface area contributed by atoms with Gasteiger partial charge in [0.25, 0.3) is 0 Å². The molecule has 1 aromatic carbocycles. The first-order chi connectivity index (χ1) is 9.50. The summed E-state index contributed by atoms with van der Waals surface area (Å²) in [4.78, 5) is 13.9. The molecule has 0 aromatic heterocycles. The van der Waals surface area contributed by atoms with Crippen LogP contribution in [0.25, 0.3) is 0 Å². The third-order valence-corrected chi connectivity index (χ3v) is 4.64. The summed E-state index contributed by atoms with van der Waals surface area (Å²) >= 11 is 0. The van der Waals surface area contributed by atoms with Gasteiger partial charge in [0.15, 0.2) is 0 Å². The van der Waals surface area contributed by atoms with E-state index in [9.17, 15) is 13.2 Å². The van der Waals surface area contributed by atoms with Gasteiger partial charge in [-0.25, -0.2) is 8.42 Å². The van der Waals surface area contributed by atoms with Crippen LogP contribution in [-0.2, 0) is 19.6 Å². The molecule has 1 N–H and O–H groups in total. The maximum atomic E-state index is 12.2. The van der Waals surface area contributed by atoms with E-state index in [1.54, 1.807) is 30.0 Å². The molecule has 1 saturated heterocycles. The number of nitrogens with zero attached hydrogens (tertiary/aromatic N) is 1. The van der Waals surface area contributed by atoms with Crippen molar-refractivity contribution in [1.82, 2.24) is 9.62 Å². The van der Waals surface area contributed by atoms with Crippen molar-refractivity contribution < 1.29 is 17.9 Å². The summed E-state index contributed by atoms with van der Waals surface area (Å²) in [7, 11) is -3.67. The van der Waals surface area contributed by atoms with Gasteiger partial charge < -0.3 is 9.64 Å². The Morgan fingerprint density at radius 2 is 1.85 bits per heavy atom. The van der Waals surface area contributed by atoms with Gasteiger partial charge in [0, 0.05) is 13.1 Å². The second-order valence-corrected chi connectivity index (χ2v) is 6.31. The highest BCUT2D eigenvalue weighted by molar-refractivity contribution is 7.89. The highest BCUT2D eigenvalue weighted by Gasteiger charge is 2.26. The molecule has 6 nitrogen and oxygen atoms in total. The number of morpholine rings is 1. The maximum absolute atomic E-state index is 12.2. The van der Waals surface area contributed by atoms with Crippen molar-refractivity contribution in [3.05, 3.63) is 30.3 Å². The molecule has 1 amide bonds. The van der Waals surface area contributed by atoms with E-state index in [0.29, 0.717) is 26.3 Å². The van der Waals surface area contributed by atoms with Gasteiger partial charge in [0.05, 0.1) is 24.2 Å². The third-order valence-electron chi connectivity index (χ3n) is 3.08.